The normalized spacial score (nSPS) is 21.8. The molecule has 0 amide bonds. The quantitative estimate of drug-likeness (QED) is 0.861. The summed E-state index contributed by atoms with van der Waals surface area (Å²) < 4.78 is 27.2. The van der Waals surface area contributed by atoms with E-state index in [9.17, 15) is 8.42 Å². The van der Waals surface area contributed by atoms with Crippen molar-refractivity contribution in [1.29, 1.82) is 0 Å². The van der Waals surface area contributed by atoms with Gasteiger partial charge in [-0.05, 0) is 38.5 Å². The lowest BCUT2D eigenvalue weighted by molar-refractivity contribution is 0.287. The summed E-state index contributed by atoms with van der Waals surface area (Å²) in [5.41, 5.74) is 1.63. The lowest BCUT2D eigenvalue weighted by atomic mass is 10.0. The summed E-state index contributed by atoms with van der Waals surface area (Å²) in [6, 6.07) is 0.547. The van der Waals surface area contributed by atoms with Crippen molar-refractivity contribution in [2.24, 2.45) is 5.92 Å². The van der Waals surface area contributed by atoms with E-state index in [4.69, 9.17) is 0 Å². The number of nitrogens with one attached hydrogen (secondary N) is 2. The lowest BCUT2D eigenvalue weighted by Gasteiger charge is -2.29. The number of aromatic nitrogens is 2. The van der Waals surface area contributed by atoms with E-state index in [2.05, 4.69) is 22.4 Å². The fraction of sp³-hybridized carbons (Fsp3) is 0.786. The number of nitrogens with zero attached hydrogens (tertiary/aromatic N) is 2. The van der Waals surface area contributed by atoms with Crippen molar-refractivity contribution in [3.8, 4) is 0 Å². The zero-order valence-electron chi connectivity index (χ0n) is 12.7. The van der Waals surface area contributed by atoms with E-state index in [1.165, 1.54) is 12.8 Å². The molecular formula is C14H24N4O2S. The van der Waals surface area contributed by atoms with Crippen molar-refractivity contribution in [2.45, 2.75) is 57.1 Å². The fourth-order valence-electron chi connectivity index (χ4n) is 2.73. The Hall–Kier alpha value is -0.920. The monoisotopic (exact) mass is 312 g/mol. The molecule has 1 saturated heterocycles. The molecule has 7 heteroatoms. The average molecular weight is 312 g/mol. The molecule has 1 aromatic rings. The molecule has 21 heavy (non-hydrogen) atoms. The van der Waals surface area contributed by atoms with Crippen molar-refractivity contribution in [3.63, 3.8) is 0 Å². The zero-order valence-corrected chi connectivity index (χ0v) is 13.5. The number of piperidine rings is 1. The molecule has 0 unspecified atom stereocenters. The maximum atomic E-state index is 12.8. The van der Waals surface area contributed by atoms with Gasteiger partial charge in [0.1, 0.15) is 0 Å². The zero-order chi connectivity index (χ0) is 15.0. The molecule has 2 aliphatic rings. The first-order valence-electron chi connectivity index (χ1n) is 7.76. The minimum Gasteiger partial charge on any atom is -0.310 e. The van der Waals surface area contributed by atoms with Crippen LogP contribution in [0.2, 0.25) is 0 Å². The second-order valence-corrected chi connectivity index (χ2v) is 8.23. The van der Waals surface area contributed by atoms with E-state index < -0.39 is 10.0 Å². The maximum absolute atomic E-state index is 12.8. The highest BCUT2D eigenvalue weighted by Gasteiger charge is 2.33. The first-order valence-corrected chi connectivity index (χ1v) is 9.20. The minimum atomic E-state index is -3.47. The number of aryl methyl sites for hydroxylation is 1. The van der Waals surface area contributed by atoms with Crippen molar-refractivity contribution < 1.29 is 8.42 Å². The number of hydrogen-bond acceptors (Lipinski definition) is 4. The largest absolute Gasteiger partial charge is 0.310 e. The Balaban J connectivity index is 1.80. The van der Waals surface area contributed by atoms with Crippen LogP contribution in [0.1, 0.15) is 43.9 Å². The Kier molecular flexibility index (Phi) is 4.07. The molecule has 0 atom stereocenters. The molecular weight excluding hydrogens is 288 g/mol. The molecule has 0 aromatic carbocycles. The van der Waals surface area contributed by atoms with Gasteiger partial charge in [0.2, 0.25) is 0 Å². The summed E-state index contributed by atoms with van der Waals surface area (Å²) in [5, 5.41) is 10.5. The lowest BCUT2D eigenvalue weighted by Crippen LogP contribution is -2.38. The van der Waals surface area contributed by atoms with Gasteiger partial charge in [0.15, 0.2) is 5.03 Å². The van der Waals surface area contributed by atoms with E-state index in [1.54, 1.807) is 4.31 Å². The summed E-state index contributed by atoms with van der Waals surface area (Å²) in [6.07, 6.45) is 4.22. The topological polar surface area (TPSA) is 78.1 Å². The van der Waals surface area contributed by atoms with Crippen LogP contribution in [0.3, 0.4) is 0 Å². The van der Waals surface area contributed by atoms with Crippen LogP contribution >= 0.6 is 0 Å². The number of rotatable bonds is 5. The molecule has 1 aliphatic carbocycles. The van der Waals surface area contributed by atoms with E-state index >= 15 is 0 Å². The van der Waals surface area contributed by atoms with E-state index in [1.807, 2.05) is 6.92 Å². The Bertz CT molecular complexity index is 598. The van der Waals surface area contributed by atoms with Crippen molar-refractivity contribution >= 4 is 10.0 Å². The highest BCUT2D eigenvalue weighted by Crippen LogP contribution is 2.26. The molecule has 1 aromatic heterocycles. The Labute approximate surface area is 126 Å². The Morgan fingerprint density at radius 2 is 1.95 bits per heavy atom. The van der Waals surface area contributed by atoms with Crippen LogP contribution in [0.5, 0.6) is 0 Å². The maximum Gasteiger partial charge on any atom is 0.262 e. The van der Waals surface area contributed by atoms with E-state index in [-0.39, 0.29) is 5.03 Å². The molecule has 1 aliphatic heterocycles. The number of sulfonamides is 1. The first-order chi connectivity index (χ1) is 9.98. The summed E-state index contributed by atoms with van der Waals surface area (Å²) in [7, 11) is -3.47. The average Bonchev–Trinajstić information content (AvgIpc) is 3.20. The standard InChI is InChI=1S/C14H24N4O2S/c1-10-5-7-18(8-6-10)21(19,20)14-13(11(2)16-17-14)9-15-12-3-4-12/h10,12,15H,3-9H2,1-2H3,(H,16,17). The molecule has 118 valence electrons. The van der Waals surface area contributed by atoms with Gasteiger partial charge in [-0.2, -0.15) is 9.40 Å². The Morgan fingerprint density at radius 1 is 1.29 bits per heavy atom. The summed E-state index contributed by atoms with van der Waals surface area (Å²) in [6.45, 7) is 5.84. The van der Waals surface area contributed by atoms with Gasteiger partial charge in [-0.1, -0.05) is 6.92 Å². The van der Waals surface area contributed by atoms with Gasteiger partial charge in [0.05, 0.1) is 0 Å². The van der Waals surface area contributed by atoms with Gasteiger partial charge in [0, 0.05) is 36.9 Å². The minimum absolute atomic E-state index is 0.211. The molecule has 0 spiro atoms. The second-order valence-electron chi connectivity index (χ2n) is 6.37. The number of hydrogen-bond donors (Lipinski definition) is 2. The van der Waals surface area contributed by atoms with Crippen LogP contribution in [0.15, 0.2) is 5.03 Å². The third kappa shape index (κ3) is 3.14. The number of H-pyrrole nitrogens is 1. The van der Waals surface area contributed by atoms with E-state index in [0.29, 0.717) is 31.6 Å². The first kappa shape index (κ1) is 15.0. The van der Waals surface area contributed by atoms with Crippen LogP contribution in [-0.4, -0.2) is 42.1 Å². The van der Waals surface area contributed by atoms with E-state index in [0.717, 1.165) is 24.1 Å². The molecule has 0 bridgehead atoms. The molecule has 2 heterocycles. The predicted octanol–water partition coefficient (Wildman–Crippen LogP) is 1.39. The second kappa shape index (κ2) is 5.70. The molecule has 2 N–H and O–H groups in total. The summed E-state index contributed by atoms with van der Waals surface area (Å²) in [5.74, 6) is 0.605. The fourth-order valence-corrected chi connectivity index (χ4v) is 4.37. The summed E-state index contributed by atoms with van der Waals surface area (Å²) in [4.78, 5) is 0. The summed E-state index contributed by atoms with van der Waals surface area (Å²) >= 11 is 0. The third-order valence-corrected chi connectivity index (χ3v) is 6.38. The molecule has 1 saturated carbocycles. The van der Waals surface area contributed by atoms with Crippen molar-refractivity contribution in [3.05, 3.63) is 11.3 Å². The number of aromatic amines is 1. The van der Waals surface area contributed by atoms with Crippen LogP contribution in [0.25, 0.3) is 0 Å². The highest BCUT2D eigenvalue weighted by atomic mass is 32.2. The molecule has 2 fully saturated rings. The predicted molar refractivity (Wildman–Crippen MR) is 80.3 cm³/mol. The van der Waals surface area contributed by atoms with Crippen LogP contribution < -0.4 is 5.32 Å². The van der Waals surface area contributed by atoms with Crippen molar-refractivity contribution in [1.82, 2.24) is 19.8 Å². The SMILES string of the molecule is Cc1[nH]nc(S(=O)(=O)N2CCC(C)CC2)c1CNC1CC1. The molecule has 3 rings (SSSR count). The molecule has 0 radical (unpaired) electrons. The van der Waals surface area contributed by atoms with Crippen LogP contribution in [0, 0.1) is 12.8 Å². The van der Waals surface area contributed by atoms with Gasteiger partial charge in [-0.25, -0.2) is 8.42 Å². The van der Waals surface area contributed by atoms with Crippen LogP contribution in [-0.2, 0) is 16.6 Å². The Morgan fingerprint density at radius 3 is 2.57 bits per heavy atom. The third-order valence-electron chi connectivity index (χ3n) is 4.51. The van der Waals surface area contributed by atoms with Crippen molar-refractivity contribution in [2.75, 3.05) is 13.1 Å². The van der Waals surface area contributed by atoms with Gasteiger partial charge in [0.25, 0.3) is 10.0 Å². The molecule has 6 nitrogen and oxygen atoms in total. The van der Waals surface area contributed by atoms with Crippen LogP contribution in [0.4, 0.5) is 0 Å². The highest BCUT2D eigenvalue weighted by molar-refractivity contribution is 7.89. The van der Waals surface area contributed by atoms with Gasteiger partial charge in [-0.3, -0.25) is 5.10 Å². The van der Waals surface area contributed by atoms with Gasteiger partial charge in [-0.15, -0.1) is 0 Å². The van der Waals surface area contributed by atoms with Gasteiger partial charge >= 0.3 is 0 Å². The van der Waals surface area contributed by atoms with Gasteiger partial charge < -0.3 is 5.32 Å². The smallest absolute Gasteiger partial charge is 0.262 e.